The largest absolute Gasteiger partial charge is 0.324 e. The summed E-state index contributed by atoms with van der Waals surface area (Å²) in [5.74, 6) is 0.886. The standard InChI is InChI=1S/C17H24FN3/c1-4-8-17(9-5-10-19-17)16-20-14-7-6-13(18)11-15(14)21(16)12(2)3/h6-7,11-12,19H,4-5,8-10H2,1-3H3. The molecular formula is C17H24FN3. The van der Waals surface area contributed by atoms with Gasteiger partial charge in [0.25, 0.3) is 0 Å². The van der Waals surface area contributed by atoms with Crippen LogP contribution in [0.4, 0.5) is 4.39 Å². The van der Waals surface area contributed by atoms with Crippen molar-refractivity contribution in [2.75, 3.05) is 6.54 Å². The Morgan fingerprint density at radius 3 is 2.86 bits per heavy atom. The van der Waals surface area contributed by atoms with Gasteiger partial charge < -0.3 is 9.88 Å². The van der Waals surface area contributed by atoms with Crippen LogP contribution in [0.3, 0.4) is 0 Å². The molecule has 1 aliphatic heterocycles. The number of benzene rings is 1. The molecular weight excluding hydrogens is 265 g/mol. The minimum absolute atomic E-state index is 0.0471. The maximum Gasteiger partial charge on any atom is 0.130 e. The fourth-order valence-electron chi connectivity index (χ4n) is 3.68. The minimum Gasteiger partial charge on any atom is -0.324 e. The first-order valence-electron chi connectivity index (χ1n) is 8.00. The first kappa shape index (κ1) is 14.5. The summed E-state index contributed by atoms with van der Waals surface area (Å²) in [5, 5.41) is 3.68. The molecule has 114 valence electrons. The Morgan fingerprint density at radius 1 is 1.43 bits per heavy atom. The van der Waals surface area contributed by atoms with Crippen molar-refractivity contribution in [1.82, 2.24) is 14.9 Å². The lowest BCUT2D eigenvalue weighted by molar-refractivity contribution is 0.316. The van der Waals surface area contributed by atoms with E-state index in [4.69, 9.17) is 4.98 Å². The molecule has 0 spiro atoms. The number of hydrogen-bond donors (Lipinski definition) is 1. The molecule has 1 atom stereocenters. The highest BCUT2D eigenvalue weighted by Gasteiger charge is 2.39. The molecule has 1 saturated heterocycles. The van der Waals surface area contributed by atoms with E-state index in [1.54, 1.807) is 12.1 Å². The molecule has 1 N–H and O–H groups in total. The molecule has 1 unspecified atom stereocenters. The van der Waals surface area contributed by atoms with E-state index in [1.807, 2.05) is 0 Å². The first-order chi connectivity index (χ1) is 10.1. The molecule has 4 heteroatoms. The Labute approximate surface area is 125 Å². The van der Waals surface area contributed by atoms with Crippen molar-refractivity contribution in [3.8, 4) is 0 Å². The van der Waals surface area contributed by atoms with Crippen LogP contribution in [0.2, 0.25) is 0 Å². The van der Waals surface area contributed by atoms with E-state index < -0.39 is 0 Å². The molecule has 21 heavy (non-hydrogen) atoms. The van der Waals surface area contributed by atoms with Crippen molar-refractivity contribution in [2.45, 2.75) is 58.0 Å². The average molecular weight is 289 g/mol. The van der Waals surface area contributed by atoms with Gasteiger partial charge in [-0.15, -0.1) is 0 Å². The van der Waals surface area contributed by atoms with Crippen LogP contribution < -0.4 is 5.32 Å². The minimum atomic E-state index is -0.195. The number of nitrogens with zero attached hydrogens (tertiary/aromatic N) is 2. The van der Waals surface area contributed by atoms with Gasteiger partial charge in [0.1, 0.15) is 11.6 Å². The zero-order valence-corrected chi connectivity index (χ0v) is 13.1. The summed E-state index contributed by atoms with van der Waals surface area (Å²) < 4.78 is 15.9. The van der Waals surface area contributed by atoms with Gasteiger partial charge in [-0.3, -0.25) is 0 Å². The second kappa shape index (κ2) is 5.41. The number of rotatable bonds is 4. The Bertz CT molecular complexity index is 639. The number of hydrogen-bond acceptors (Lipinski definition) is 2. The highest BCUT2D eigenvalue weighted by atomic mass is 19.1. The molecule has 1 fully saturated rings. The molecule has 2 heterocycles. The summed E-state index contributed by atoms with van der Waals surface area (Å²) in [7, 11) is 0. The normalized spacial score (nSPS) is 22.5. The molecule has 0 bridgehead atoms. The fraction of sp³-hybridized carbons (Fsp3) is 0.588. The van der Waals surface area contributed by atoms with Crippen molar-refractivity contribution in [3.05, 3.63) is 29.8 Å². The van der Waals surface area contributed by atoms with Gasteiger partial charge in [-0.05, 0) is 57.9 Å². The molecule has 0 radical (unpaired) electrons. The Kier molecular flexibility index (Phi) is 3.74. The quantitative estimate of drug-likeness (QED) is 0.917. The summed E-state index contributed by atoms with van der Waals surface area (Å²) in [6.45, 7) is 7.54. The molecule has 0 aliphatic carbocycles. The smallest absolute Gasteiger partial charge is 0.130 e. The second-order valence-electron chi connectivity index (χ2n) is 6.39. The zero-order valence-electron chi connectivity index (χ0n) is 13.1. The molecule has 0 saturated carbocycles. The van der Waals surface area contributed by atoms with Crippen LogP contribution in [0.15, 0.2) is 18.2 Å². The number of fused-ring (bicyclic) bond motifs is 1. The van der Waals surface area contributed by atoms with E-state index in [-0.39, 0.29) is 17.4 Å². The summed E-state index contributed by atoms with van der Waals surface area (Å²) >= 11 is 0. The van der Waals surface area contributed by atoms with Gasteiger partial charge in [-0.1, -0.05) is 13.3 Å². The van der Waals surface area contributed by atoms with Gasteiger partial charge in [-0.2, -0.15) is 0 Å². The average Bonchev–Trinajstić information content (AvgIpc) is 3.03. The monoisotopic (exact) mass is 289 g/mol. The predicted molar refractivity (Wildman–Crippen MR) is 83.9 cm³/mol. The van der Waals surface area contributed by atoms with Gasteiger partial charge in [0.15, 0.2) is 0 Å². The van der Waals surface area contributed by atoms with Crippen LogP contribution >= 0.6 is 0 Å². The third-order valence-corrected chi connectivity index (χ3v) is 4.52. The summed E-state index contributed by atoms with van der Waals surface area (Å²) in [4.78, 5) is 4.88. The summed E-state index contributed by atoms with van der Waals surface area (Å²) in [6.07, 6.45) is 4.48. The van der Waals surface area contributed by atoms with Crippen molar-refractivity contribution < 1.29 is 4.39 Å². The Morgan fingerprint density at radius 2 is 2.24 bits per heavy atom. The third-order valence-electron chi connectivity index (χ3n) is 4.52. The van der Waals surface area contributed by atoms with Crippen LogP contribution in [0, 0.1) is 5.82 Å². The van der Waals surface area contributed by atoms with Crippen LogP contribution in [-0.2, 0) is 5.54 Å². The molecule has 3 nitrogen and oxygen atoms in total. The molecule has 1 aromatic heterocycles. The summed E-state index contributed by atoms with van der Waals surface area (Å²) in [6, 6.07) is 5.17. The number of nitrogens with one attached hydrogen (secondary N) is 1. The fourth-order valence-corrected chi connectivity index (χ4v) is 3.68. The van der Waals surface area contributed by atoms with Crippen LogP contribution in [0.25, 0.3) is 11.0 Å². The molecule has 1 aliphatic rings. The van der Waals surface area contributed by atoms with Gasteiger partial charge in [-0.25, -0.2) is 9.37 Å². The first-order valence-corrected chi connectivity index (χ1v) is 8.00. The highest BCUT2D eigenvalue weighted by molar-refractivity contribution is 5.76. The van der Waals surface area contributed by atoms with Crippen molar-refractivity contribution in [1.29, 1.82) is 0 Å². The van der Waals surface area contributed by atoms with E-state index in [9.17, 15) is 4.39 Å². The van der Waals surface area contributed by atoms with Crippen LogP contribution in [-0.4, -0.2) is 16.1 Å². The molecule has 0 amide bonds. The van der Waals surface area contributed by atoms with Gasteiger partial charge in [0.2, 0.25) is 0 Å². The maximum absolute atomic E-state index is 13.7. The number of aromatic nitrogens is 2. The van der Waals surface area contributed by atoms with E-state index >= 15 is 0 Å². The lowest BCUT2D eigenvalue weighted by Gasteiger charge is -2.30. The van der Waals surface area contributed by atoms with E-state index in [0.717, 1.165) is 42.7 Å². The molecule has 3 rings (SSSR count). The van der Waals surface area contributed by atoms with Gasteiger partial charge in [0.05, 0.1) is 16.6 Å². The van der Waals surface area contributed by atoms with E-state index in [2.05, 4.69) is 30.7 Å². The Hall–Kier alpha value is -1.42. The number of halogens is 1. The van der Waals surface area contributed by atoms with E-state index in [0.29, 0.717) is 0 Å². The zero-order chi connectivity index (χ0) is 15.0. The van der Waals surface area contributed by atoms with Gasteiger partial charge >= 0.3 is 0 Å². The molecule has 2 aromatic rings. The summed E-state index contributed by atoms with van der Waals surface area (Å²) in [5.41, 5.74) is 1.75. The molecule has 1 aromatic carbocycles. The third kappa shape index (κ3) is 2.35. The lowest BCUT2D eigenvalue weighted by Crippen LogP contribution is -2.39. The topological polar surface area (TPSA) is 29.9 Å². The van der Waals surface area contributed by atoms with Crippen LogP contribution in [0.1, 0.15) is 58.3 Å². The van der Waals surface area contributed by atoms with Crippen molar-refractivity contribution >= 4 is 11.0 Å². The van der Waals surface area contributed by atoms with Crippen LogP contribution in [0.5, 0.6) is 0 Å². The van der Waals surface area contributed by atoms with Gasteiger partial charge in [0, 0.05) is 6.04 Å². The maximum atomic E-state index is 13.7. The predicted octanol–water partition coefficient (Wildman–Crippen LogP) is 4.14. The van der Waals surface area contributed by atoms with Crippen molar-refractivity contribution in [2.24, 2.45) is 0 Å². The SMILES string of the molecule is CCCC1(c2nc3ccc(F)cc3n2C(C)C)CCCN1. The van der Waals surface area contributed by atoms with Crippen molar-refractivity contribution in [3.63, 3.8) is 0 Å². The Balaban J connectivity index is 2.23. The van der Waals surface area contributed by atoms with E-state index in [1.165, 1.54) is 12.5 Å². The lowest BCUT2D eigenvalue weighted by atomic mass is 9.90. The second-order valence-corrected chi connectivity index (χ2v) is 6.39. The number of imidazole rings is 1. The highest BCUT2D eigenvalue weighted by Crippen LogP contribution is 2.37.